The number of nitrogens with one attached hydrogen (secondary N) is 1. The number of hydrogen-bond donors (Lipinski definition) is 2. The summed E-state index contributed by atoms with van der Waals surface area (Å²) < 4.78 is 0. The molecule has 2 atom stereocenters. The molecule has 0 fully saturated rings. The minimum atomic E-state index is -1.77. The first-order chi connectivity index (χ1) is 14.0. The summed E-state index contributed by atoms with van der Waals surface area (Å²) in [6, 6.07) is 17.4. The van der Waals surface area contributed by atoms with E-state index in [-0.39, 0.29) is 12.8 Å². The number of Topliss-reactive ketones (excluding diaryl/α,β-unsaturated/α-hetero) is 1. The molecule has 160 valence electrons. The Labute approximate surface area is 178 Å². The van der Waals surface area contributed by atoms with Crippen molar-refractivity contribution in [3.8, 4) is 11.1 Å². The zero-order chi connectivity index (χ0) is 22.5. The van der Waals surface area contributed by atoms with Crippen molar-refractivity contribution in [2.75, 3.05) is 0 Å². The number of carboxylic acids is 1. The van der Waals surface area contributed by atoms with Gasteiger partial charge >= 0.3 is 5.97 Å². The van der Waals surface area contributed by atoms with E-state index in [0.29, 0.717) is 0 Å². The zero-order valence-electron chi connectivity index (χ0n) is 18.4. The summed E-state index contributed by atoms with van der Waals surface area (Å²) in [4.78, 5) is 38.1. The Morgan fingerprint density at radius 2 is 1.47 bits per heavy atom. The van der Waals surface area contributed by atoms with Crippen LogP contribution in [0.4, 0.5) is 0 Å². The average molecular weight is 410 g/mol. The fraction of sp³-hybridized carbons (Fsp3) is 0.400. The minimum absolute atomic E-state index is 0.0393. The molecule has 0 heterocycles. The largest absolute Gasteiger partial charge is 0.480 e. The molecule has 0 aliphatic carbocycles. The van der Waals surface area contributed by atoms with Gasteiger partial charge in [-0.15, -0.1) is 0 Å². The summed E-state index contributed by atoms with van der Waals surface area (Å²) >= 11 is 0. The molecule has 1 amide bonds. The minimum Gasteiger partial charge on any atom is -0.480 e. The molecule has 5 nitrogen and oxygen atoms in total. The van der Waals surface area contributed by atoms with Gasteiger partial charge in [0.25, 0.3) is 0 Å². The molecule has 0 spiro atoms. The first-order valence-electron chi connectivity index (χ1n) is 10.2. The third-order valence-electron chi connectivity index (χ3n) is 5.49. The monoisotopic (exact) mass is 409 g/mol. The number of aliphatic carboxylic acids is 1. The summed E-state index contributed by atoms with van der Waals surface area (Å²) in [7, 11) is 0. The lowest BCUT2D eigenvalue weighted by atomic mass is 9.68. The maximum absolute atomic E-state index is 13.2. The molecule has 2 rings (SSSR count). The van der Waals surface area contributed by atoms with Crippen molar-refractivity contribution < 1.29 is 19.5 Å². The molecule has 0 aromatic heterocycles. The topological polar surface area (TPSA) is 83.5 Å². The smallest absolute Gasteiger partial charge is 0.318 e. The van der Waals surface area contributed by atoms with Crippen molar-refractivity contribution in [1.29, 1.82) is 0 Å². The molecule has 0 radical (unpaired) electrons. The number of carboxylic acid groups (broad SMARTS) is 1. The van der Waals surface area contributed by atoms with E-state index in [1.807, 2.05) is 75.4 Å². The molecule has 0 bridgehead atoms. The van der Waals surface area contributed by atoms with Gasteiger partial charge in [-0.05, 0) is 43.9 Å². The number of ketones is 1. The van der Waals surface area contributed by atoms with Crippen molar-refractivity contribution >= 4 is 17.7 Å². The molecule has 30 heavy (non-hydrogen) atoms. The third-order valence-corrected chi connectivity index (χ3v) is 5.49. The van der Waals surface area contributed by atoms with Gasteiger partial charge in [0.2, 0.25) is 5.91 Å². The summed E-state index contributed by atoms with van der Waals surface area (Å²) in [5.74, 6) is -3.14. The van der Waals surface area contributed by atoms with Crippen LogP contribution in [0.3, 0.4) is 0 Å². The van der Waals surface area contributed by atoms with Gasteiger partial charge in [0.15, 0.2) is 5.78 Å². The Balaban J connectivity index is 2.27. The highest BCUT2D eigenvalue weighted by atomic mass is 16.4. The number of benzene rings is 2. The van der Waals surface area contributed by atoms with E-state index in [0.717, 1.165) is 16.7 Å². The average Bonchev–Trinajstić information content (AvgIpc) is 2.68. The van der Waals surface area contributed by atoms with E-state index in [2.05, 4.69) is 5.32 Å². The summed E-state index contributed by atoms with van der Waals surface area (Å²) in [5, 5.41) is 12.8. The Hall–Kier alpha value is -2.95. The molecule has 0 saturated carbocycles. The van der Waals surface area contributed by atoms with Crippen molar-refractivity contribution in [3.63, 3.8) is 0 Å². The van der Waals surface area contributed by atoms with Crippen LogP contribution in [0.2, 0.25) is 0 Å². The molecule has 2 N–H and O–H groups in total. The number of carbonyl (C=O) groups is 3. The van der Waals surface area contributed by atoms with Gasteiger partial charge in [0, 0.05) is 12.0 Å². The first-order valence-corrected chi connectivity index (χ1v) is 10.2. The van der Waals surface area contributed by atoms with Gasteiger partial charge in [0.1, 0.15) is 5.41 Å². The van der Waals surface area contributed by atoms with Crippen LogP contribution < -0.4 is 5.32 Å². The van der Waals surface area contributed by atoms with Crippen LogP contribution in [-0.4, -0.2) is 28.3 Å². The third kappa shape index (κ3) is 5.15. The van der Waals surface area contributed by atoms with Crippen molar-refractivity contribution in [1.82, 2.24) is 5.32 Å². The maximum Gasteiger partial charge on any atom is 0.318 e. The van der Waals surface area contributed by atoms with Gasteiger partial charge in [-0.2, -0.15) is 0 Å². The summed E-state index contributed by atoms with van der Waals surface area (Å²) in [6.45, 7) is 8.63. The lowest BCUT2D eigenvalue weighted by Crippen LogP contribution is -2.53. The SMILES string of the molecule is CCC(C(=O)O)(C(=O)Cc1ccc(-c2ccccc2)cc1)[C@@H](C)C(=O)NC(C)(C)C. The molecule has 0 saturated heterocycles. The van der Waals surface area contributed by atoms with Crippen LogP contribution in [0.1, 0.15) is 46.6 Å². The van der Waals surface area contributed by atoms with Gasteiger partial charge in [0.05, 0.1) is 5.92 Å². The van der Waals surface area contributed by atoms with Crippen molar-refractivity contribution in [2.45, 2.75) is 53.0 Å². The first kappa shape index (κ1) is 23.3. The number of rotatable bonds is 8. The van der Waals surface area contributed by atoms with E-state index < -0.39 is 34.5 Å². The predicted octanol–water partition coefficient (Wildman–Crippen LogP) is 4.50. The highest BCUT2D eigenvalue weighted by molar-refractivity contribution is 6.07. The van der Waals surface area contributed by atoms with Crippen molar-refractivity contribution in [2.24, 2.45) is 11.3 Å². The Morgan fingerprint density at radius 1 is 0.933 bits per heavy atom. The standard InChI is InChI=1S/C25H31NO4/c1-6-25(23(29)30,17(2)22(28)26-24(3,4)5)21(27)16-18-12-14-20(15-13-18)19-10-8-7-9-11-19/h7-15,17H,6,16H2,1-5H3,(H,26,28)(H,29,30)/t17-,25?/m0/s1. The van der Waals surface area contributed by atoms with E-state index in [4.69, 9.17) is 0 Å². The normalized spacial score (nSPS) is 14.4. The van der Waals surface area contributed by atoms with Crippen LogP contribution in [0.25, 0.3) is 11.1 Å². The number of amides is 1. The quantitative estimate of drug-likeness (QED) is 0.629. The van der Waals surface area contributed by atoms with Gasteiger partial charge in [-0.3, -0.25) is 14.4 Å². The van der Waals surface area contributed by atoms with Crippen LogP contribution in [0.15, 0.2) is 54.6 Å². The summed E-state index contributed by atoms with van der Waals surface area (Å²) in [5.41, 5.74) is 0.524. The number of carbonyl (C=O) groups excluding carboxylic acids is 2. The van der Waals surface area contributed by atoms with E-state index in [1.165, 1.54) is 6.92 Å². The second kappa shape index (κ2) is 9.24. The predicted molar refractivity (Wildman–Crippen MR) is 118 cm³/mol. The Bertz CT molecular complexity index is 897. The van der Waals surface area contributed by atoms with E-state index in [9.17, 15) is 19.5 Å². The molecular weight excluding hydrogens is 378 g/mol. The highest BCUT2D eigenvalue weighted by Crippen LogP contribution is 2.35. The fourth-order valence-corrected chi connectivity index (χ4v) is 3.69. The number of hydrogen-bond acceptors (Lipinski definition) is 3. The molecule has 1 unspecified atom stereocenters. The molecule has 5 heteroatoms. The van der Waals surface area contributed by atoms with Crippen LogP contribution in [0.5, 0.6) is 0 Å². The second-order valence-corrected chi connectivity index (χ2v) is 8.75. The van der Waals surface area contributed by atoms with E-state index >= 15 is 0 Å². The Kier molecular flexibility index (Phi) is 7.19. The molecule has 0 aliphatic heterocycles. The van der Waals surface area contributed by atoms with Gasteiger partial charge in [-0.1, -0.05) is 68.4 Å². The van der Waals surface area contributed by atoms with Crippen LogP contribution >= 0.6 is 0 Å². The van der Waals surface area contributed by atoms with Gasteiger partial charge < -0.3 is 10.4 Å². The fourth-order valence-electron chi connectivity index (χ4n) is 3.69. The molecule has 2 aromatic carbocycles. The zero-order valence-corrected chi connectivity index (χ0v) is 18.4. The second-order valence-electron chi connectivity index (χ2n) is 8.75. The lowest BCUT2D eigenvalue weighted by molar-refractivity contribution is -0.162. The van der Waals surface area contributed by atoms with Crippen molar-refractivity contribution in [3.05, 3.63) is 60.2 Å². The maximum atomic E-state index is 13.2. The van der Waals surface area contributed by atoms with E-state index in [1.54, 1.807) is 6.92 Å². The Morgan fingerprint density at radius 3 is 1.93 bits per heavy atom. The highest BCUT2D eigenvalue weighted by Gasteiger charge is 2.51. The van der Waals surface area contributed by atoms with Gasteiger partial charge in [-0.25, -0.2) is 0 Å². The lowest BCUT2D eigenvalue weighted by Gasteiger charge is -2.34. The van der Waals surface area contributed by atoms with Crippen LogP contribution in [0, 0.1) is 11.3 Å². The summed E-state index contributed by atoms with van der Waals surface area (Å²) in [6.07, 6.45) is 0.00431. The molecular formula is C25H31NO4. The van der Waals surface area contributed by atoms with Crippen LogP contribution in [-0.2, 0) is 20.8 Å². The molecule has 0 aliphatic rings. The molecule has 2 aromatic rings.